The summed E-state index contributed by atoms with van der Waals surface area (Å²) in [4.78, 5) is 40.6. The van der Waals surface area contributed by atoms with Crippen LogP contribution in [-0.4, -0.2) is 55.4 Å². The molecule has 0 aromatic heterocycles. The minimum atomic E-state index is -0.129. The van der Waals surface area contributed by atoms with Crippen LogP contribution in [0.5, 0.6) is 5.75 Å². The number of likely N-dealkylation sites (N-methyl/N-ethyl adjacent to an activating group) is 1. The highest BCUT2D eigenvalue weighted by molar-refractivity contribution is 5.98. The van der Waals surface area contributed by atoms with E-state index in [1.54, 1.807) is 30.1 Å². The zero-order chi connectivity index (χ0) is 23.5. The Morgan fingerprint density at radius 3 is 2.52 bits per heavy atom. The van der Waals surface area contributed by atoms with Gasteiger partial charge in [0.2, 0.25) is 11.8 Å². The van der Waals surface area contributed by atoms with E-state index in [4.69, 9.17) is 4.74 Å². The minimum Gasteiger partial charge on any atom is -0.481 e. The van der Waals surface area contributed by atoms with E-state index in [0.717, 1.165) is 29.7 Å². The summed E-state index contributed by atoms with van der Waals surface area (Å²) < 4.78 is 5.48. The number of aryl methyl sites for hydroxylation is 2. The van der Waals surface area contributed by atoms with Crippen LogP contribution in [-0.2, 0) is 14.4 Å². The van der Waals surface area contributed by atoms with Crippen molar-refractivity contribution in [3.63, 3.8) is 0 Å². The maximum absolute atomic E-state index is 12.7. The zero-order valence-electron chi connectivity index (χ0n) is 19.3. The van der Waals surface area contributed by atoms with Gasteiger partial charge >= 0.3 is 0 Å². The molecule has 0 atom stereocenters. The lowest BCUT2D eigenvalue weighted by molar-refractivity contribution is -0.121. The number of ether oxygens (including phenoxy) is 1. The Morgan fingerprint density at radius 1 is 1.09 bits per heavy atom. The van der Waals surface area contributed by atoms with Crippen LogP contribution in [0, 0.1) is 13.8 Å². The lowest BCUT2D eigenvalue weighted by atomic mass is 10.1. The number of nitrogens with one attached hydrogen (secondary N) is 2. The molecular weight excluding hydrogens is 420 g/mol. The molecule has 1 fully saturated rings. The average molecular weight is 451 g/mol. The molecule has 3 amide bonds. The van der Waals surface area contributed by atoms with Crippen molar-refractivity contribution >= 4 is 34.8 Å². The van der Waals surface area contributed by atoms with Gasteiger partial charge in [0.25, 0.3) is 5.91 Å². The van der Waals surface area contributed by atoms with Gasteiger partial charge in [-0.05, 0) is 49.9 Å². The molecule has 0 radical (unpaired) electrons. The van der Waals surface area contributed by atoms with Gasteiger partial charge in [0.05, 0.1) is 12.2 Å². The van der Waals surface area contributed by atoms with Crippen LogP contribution in [0.25, 0.3) is 0 Å². The Labute approximate surface area is 193 Å². The van der Waals surface area contributed by atoms with E-state index in [-0.39, 0.29) is 37.3 Å². The highest BCUT2D eigenvalue weighted by Crippen LogP contribution is 2.33. The number of para-hydroxylation sites is 1. The maximum atomic E-state index is 12.7. The fourth-order valence-electron chi connectivity index (χ4n) is 4.03. The van der Waals surface area contributed by atoms with Crippen molar-refractivity contribution in [2.75, 3.05) is 42.3 Å². The molecule has 4 rings (SSSR count). The second kappa shape index (κ2) is 9.62. The van der Waals surface area contributed by atoms with Crippen molar-refractivity contribution in [3.8, 4) is 5.75 Å². The summed E-state index contributed by atoms with van der Waals surface area (Å²) in [7, 11) is 1.70. The van der Waals surface area contributed by atoms with E-state index in [2.05, 4.69) is 15.5 Å². The second-order valence-corrected chi connectivity index (χ2v) is 8.74. The average Bonchev–Trinajstić information content (AvgIpc) is 3.62. The number of anilines is 3. The number of carbonyl (C=O) groups excluding carboxylic acids is 3. The number of benzene rings is 2. The molecule has 2 aliphatic rings. The molecule has 1 aliphatic heterocycles. The van der Waals surface area contributed by atoms with Gasteiger partial charge in [-0.15, -0.1) is 0 Å². The van der Waals surface area contributed by atoms with Gasteiger partial charge in [-0.1, -0.05) is 18.2 Å². The van der Waals surface area contributed by atoms with Crippen molar-refractivity contribution in [2.24, 2.45) is 0 Å². The first-order valence-corrected chi connectivity index (χ1v) is 11.2. The Morgan fingerprint density at radius 2 is 1.82 bits per heavy atom. The molecular formula is C25H30N4O4. The van der Waals surface area contributed by atoms with Crippen LogP contribution in [0.4, 0.5) is 17.1 Å². The van der Waals surface area contributed by atoms with Crippen molar-refractivity contribution in [3.05, 3.63) is 47.5 Å². The summed E-state index contributed by atoms with van der Waals surface area (Å²) in [6, 6.07) is 11.5. The Balaban J connectivity index is 1.31. The predicted octanol–water partition coefficient (Wildman–Crippen LogP) is 3.09. The summed E-state index contributed by atoms with van der Waals surface area (Å²) in [5, 5.41) is 5.92. The third-order valence-electron chi connectivity index (χ3n) is 6.11. The molecule has 2 aromatic rings. The first kappa shape index (κ1) is 22.8. The fraction of sp³-hybridized carbons (Fsp3) is 0.400. The number of carbonyl (C=O) groups is 3. The van der Waals surface area contributed by atoms with Gasteiger partial charge in [-0.2, -0.15) is 0 Å². The normalized spacial score (nSPS) is 15.2. The molecule has 174 valence electrons. The highest BCUT2D eigenvalue weighted by Gasteiger charge is 2.30. The molecule has 2 aromatic carbocycles. The maximum Gasteiger partial charge on any atom is 0.264 e. The minimum absolute atomic E-state index is 0.0126. The smallest absolute Gasteiger partial charge is 0.264 e. The van der Waals surface area contributed by atoms with Crippen LogP contribution in [0.15, 0.2) is 36.4 Å². The lowest BCUT2D eigenvalue weighted by Crippen LogP contribution is -2.37. The molecule has 1 saturated carbocycles. The van der Waals surface area contributed by atoms with Crippen LogP contribution < -0.4 is 20.3 Å². The number of fused-ring (bicyclic) bond motifs is 1. The predicted molar refractivity (Wildman–Crippen MR) is 128 cm³/mol. The Hall–Kier alpha value is -3.39. The van der Waals surface area contributed by atoms with E-state index in [9.17, 15) is 14.4 Å². The van der Waals surface area contributed by atoms with E-state index in [0.29, 0.717) is 29.7 Å². The third kappa shape index (κ3) is 5.51. The number of rotatable bonds is 8. The van der Waals surface area contributed by atoms with Crippen molar-refractivity contribution in [2.45, 2.75) is 39.2 Å². The van der Waals surface area contributed by atoms with Gasteiger partial charge in [-0.25, -0.2) is 0 Å². The quantitative estimate of drug-likeness (QED) is 0.645. The van der Waals surface area contributed by atoms with Crippen LogP contribution in [0.2, 0.25) is 0 Å². The van der Waals surface area contributed by atoms with Crippen LogP contribution >= 0.6 is 0 Å². The number of amides is 3. The summed E-state index contributed by atoms with van der Waals surface area (Å²) in [6.07, 6.45) is 2.38. The van der Waals surface area contributed by atoms with E-state index < -0.39 is 0 Å². The van der Waals surface area contributed by atoms with Gasteiger partial charge < -0.3 is 20.3 Å². The molecule has 8 nitrogen and oxygen atoms in total. The SMILES string of the molecule is Cc1cccc(C)c1NC(=O)CN(CCC(=O)Nc1ccc2c(c1)OCC(=O)N2C)C1CC1. The monoisotopic (exact) mass is 450 g/mol. The molecule has 0 unspecified atom stereocenters. The number of nitrogens with zero attached hydrogens (tertiary/aromatic N) is 2. The van der Waals surface area contributed by atoms with Gasteiger partial charge in [-0.3, -0.25) is 19.3 Å². The largest absolute Gasteiger partial charge is 0.481 e. The lowest BCUT2D eigenvalue weighted by Gasteiger charge is -2.26. The topological polar surface area (TPSA) is 91.0 Å². The summed E-state index contributed by atoms with van der Waals surface area (Å²) in [5.41, 5.74) is 4.22. The van der Waals surface area contributed by atoms with Gasteiger partial charge in [0, 0.05) is 43.5 Å². The molecule has 0 bridgehead atoms. The summed E-state index contributed by atoms with van der Waals surface area (Å²) in [6.45, 7) is 4.72. The van der Waals surface area contributed by atoms with E-state index >= 15 is 0 Å². The molecule has 0 saturated heterocycles. The van der Waals surface area contributed by atoms with Gasteiger partial charge in [0.1, 0.15) is 5.75 Å². The number of hydrogen-bond donors (Lipinski definition) is 2. The fourth-order valence-corrected chi connectivity index (χ4v) is 4.03. The molecule has 8 heteroatoms. The van der Waals surface area contributed by atoms with Crippen molar-refractivity contribution in [1.82, 2.24) is 4.90 Å². The van der Waals surface area contributed by atoms with Crippen molar-refractivity contribution in [1.29, 1.82) is 0 Å². The van der Waals surface area contributed by atoms with E-state index in [1.165, 1.54) is 0 Å². The molecule has 0 spiro atoms. The standard InChI is InChI=1S/C25H30N4O4/c1-16-5-4-6-17(2)25(16)27-23(31)14-29(19-8-9-19)12-11-22(30)26-18-7-10-20-21(13-18)33-15-24(32)28(20)3/h4-7,10,13,19H,8-9,11-12,14-15H2,1-3H3,(H,26,30)(H,27,31). The Bertz CT molecular complexity index is 1060. The molecule has 2 N–H and O–H groups in total. The second-order valence-electron chi connectivity index (χ2n) is 8.74. The summed E-state index contributed by atoms with van der Waals surface area (Å²) >= 11 is 0. The zero-order valence-corrected chi connectivity index (χ0v) is 19.3. The van der Waals surface area contributed by atoms with Gasteiger partial charge in [0.15, 0.2) is 6.61 Å². The first-order chi connectivity index (χ1) is 15.8. The highest BCUT2D eigenvalue weighted by atomic mass is 16.5. The molecule has 1 aliphatic carbocycles. The third-order valence-corrected chi connectivity index (χ3v) is 6.11. The van der Waals surface area contributed by atoms with Crippen molar-refractivity contribution < 1.29 is 19.1 Å². The Kier molecular flexibility index (Phi) is 6.65. The number of hydrogen-bond acceptors (Lipinski definition) is 5. The van der Waals surface area contributed by atoms with Crippen LogP contribution in [0.3, 0.4) is 0 Å². The van der Waals surface area contributed by atoms with Crippen LogP contribution in [0.1, 0.15) is 30.4 Å². The first-order valence-electron chi connectivity index (χ1n) is 11.2. The molecule has 33 heavy (non-hydrogen) atoms. The summed E-state index contributed by atoms with van der Waals surface area (Å²) in [5.74, 6) is 0.264. The van der Waals surface area contributed by atoms with E-state index in [1.807, 2.05) is 32.0 Å². The molecule has 1 heterocycles.